The molecular formula is C20H21F3N2O2. The lowest BCUT2D eigenvalue weighted by Gasteiger charge is -2.22. The Balaban J connectivity index is 1.64. The number of carbonyl (C=O) groups is 1. The molecule has 0 N–H and O–H groups in total. The Labute approximate surface area is 156 Å². The van der Waals surface area contributed by atoms with E-state index in [2.05, 4.69) is 4.98 Å². The lowest BCUT2D eigenvalue weighted by Crippen LogP contribution is -2.33. The summed E-state index contributed by atoms with van der Waals surface area (Å²) >= 11 is 0. The van der Waals surface area contributed by atoms with Crippen molar-refractivity contribution in [3.8, 4) is 11.6 Å². The lowest BCUT2D eigenvalue weighted by molar-refractivity contribution is -0.137. The highest BCUT2D eigenvalue weighted by molar-refractivity contribution is 5.94. The molecule has 0 aliphatic heterocycles. The topological polar surface area (TPSA) is 42.4 Å². The number of pyridine rings is 1. The van der Waals surface area contributed by atoms with E-state index < -0.39 is 11.7 Å². The Hall–Kier alpha value is -2.57. The van der Waals surface area contributed by atoms with Crippen molar-refractivity contribution in [3.05, 3.63) is 53.7 Å². The van der Waals surface area contributed by atoms with Crippen LogP contribution in [0.3, 0.4) is 0 Å². The molecule has 1 heterocycles. The van der Waals surface area contributed by atoms with Crippen LogP contribution in [0.4, 0.5) is 13.2 Å². The maximum atomic E-state index is 12.7. The highest BCUT2D eigenvalue weighted by Gasteiger charge is 2.30. The summed E-state index contributed by atoms with van der Waals surface area (Å²) in [6.07, 6.45) is -0.438. The molecule has 1 amide bonds. The molecule has 144 valence electrons. The first-order valence-corrected chi connectivity index (χ1v) is 8.97. The fourth-order valence-electron chi connectivity index (χ4n) is 2.73. The van der Waals surface area contributed by atoms with Gasteiger partial charge in [-0.25, -0.2) is 4.98 Å². The number of ether oxygens (including phenoxy) is 1. The van der Waals surface area contributed by atoms with Crippen LogP contribution in [0, 0.1) is 5.92 Å². The Bertz CT molecular complexity index is 769. The molecule has 1 aromatic heterocycles. The van der Waals surface area contributed by atoms with Gasteiger partial charge in [0, 0.05) is 30.9 Å². The largest absolute Gasteiger partial charge is 0.439 e. The van der Waals surface area contributed by atoms with E-state index in [-0.39, 0.29) is 11.8 Å². The molecule has 0 radical (unpaired) electrons. The number of amides is 1. The number of hydrogen-bond acceptors (Lipinski definition) is 3. The van der Waals surface area contributed by atoms with Gasteiger partial charge in [0.25, 0.3) is 5.91 Å². The molecule has 0 unspecified atom stereocenters. The Morgan fingerprint density at radius 3 is 2.41 bits per heavy atom. The lowest BCUT2D eigenvalue weighted by atomic mass is 10.1. The Morgan fingerprint density at radius 2 is 1.89 bits per heavy atom. The van der Waals surface area contributed by atoms with Gasteiger partial charge in [-0.1, -0.05) is 6.92 Å². The van der Waals surface area contributed by atoms with Crippen LogP contribution in [0.25, 0.3) is 0 Å². The van der Waals surface area contributed by atoms with Gasteiger partial charge in [-0.2, -0.15) is 13.2 Å². The van der Waals surface area contributed by atoms with Crippen LogP contribution in [0.2, 0.25) is 0 Å². The number of halogens is 3. The quantitative estimate of drug-likeness (QED) is 0.669. The van der Waals surface area contributed by atoms with Crippen LogP contribution >= 0.6 is 0 Å². The normalized spacial score (nSPS) is 14.1. The zero-order valence-corrected chi connectivity index (χ0v) is 15.0. The molecule has 0 spiro atoms. The van der Waals surface area contributed by atoms with Crippen LogP contribution in [0.5, 0.6) is 11.6 Å². The molecule has 0 saturated heterocycles. The van der Waals surface area contributed by atoms with Crippen molar-refractivity contribution >= 4 is 5.91 Å². The van der Waals surface area contributed by atoms with Crippen LogP contribution in [-0.2, 0) is 6.18 Å². The first-order chi connectivity index (χ1) is 12.9. The third kappa shape index (κ3) is 5.21. The molecule has 4 nitrogen and oxygen atoms in total. The number of hydrogen-bond donors (Lipinski definition) is 0. The molecule has 1 aliphatic rings. The number of nitrogens with zero attached hydrogens (tertiary/aromatic N) is 2. The molecule has 1 saturated carbocycles. The number of alkyl halides is 3. The van der Waals surface area contributed by atoms with Crippen molar-refractivity contribution in [2.75, 3.05) is 13.1 Å². The highest BCUT2D eigenvalue weighted by Crippen LogP contribution is 2.31. The van der Waals surface area contributed by atoms with Crippen molar-refractivity contribution in [2.24, 2.45) is 5.92 Å². The second-order valence-corrected chi connectivity index (χ2v) is 6.70. The minimum atomic E-state index is -4.43. The number of aromatic nitrogens is 1. The molecule has 0 atom stereocenters. The van der Waals surface area contributed by atoms with E-state index in [1.165, 1.54) is 18.9 Å². The SMILES string of the molecule is CCCN(CC1CC1)C(=O)c1ccc(Oc2ccc(C(F)(F)F)cn2)cc1. The van der Waals surface area contributed by atoms with Crippen LogP contribution < -0.4 is 4.74 Å². The van der Waals surface area contributed by atoms with Crippen LogP contribution in [-0.4, -0.2) is 28.9 Å². The molecule has 3 rings (SSSR count). The molecule has 2 aromatic rings. The maximum Gasteiger partial charge on any atom is 0.417 e. The number of rotatable bonds is 7. The average molecular weight is 378 g/mol. The second-order valence-electron chi connectivity index (χ2n) is 6.70. The van der Waals surface area contributed by atoms with Gasteiger partial charge in [0.05, 0.1) is 5.56 Å². The van der Waals surface area contributed by atoms with Crippen molar-refractivity contribution in [2.45, 2.75) is 32.4 Å². The van der Waals surface area contributed by atoms with Gasteiger partial charge in [-0.05, 0) is 55.5 Å². The predicted molar refractivity (Wildman–Crippen MR) is 94.7 cm³/mol. The monoisotopic (exact) mass is 378 g/mol. The van der Waals surface area contributed by atoms with Crippen molar-refractivity contribution in [1.82, 2.24) is 9.88 Å². The van der Waals surface area contributed by atoms with E-state index >= 15 is 0 Å². The zero-order chi connectivity index (χ0) is 19.4. The van der Waals surface area contributed by atoms with E-state index in [0.717, 1.165) is 31.8 Å². The second kappa shape index (κ2) is 7.98. The van der Waals surface area contributed by atoms with E-state index in [4.69, 9.17) is 4.74 Å². The Morgan fingerprint density at radius 1 is 1.19 bits per heavy atom. The van der Waals surface area contributed by atoms with Crippen LogP contribution in [0.15, 0.2) is 42.6 Å². The first kappa shape index (κ1) is 19.2. The van der Waals surface area contributed by atoms with Crippen molar-refractivity contribution in [3.63, 3.8) is 0 Å². The minimum absolute atomic E-state index is 0.0112. The summed E-state index contributed by atoms with van der Waals surface area (Å²) in [5.74, 6) is 1.07. The van der Waals surface area contributed by atoms with Gasteiger partial charge < -0.3 is 9.64 Å². The van der Waals surface area contributed by atoms with E-state index in [1.807, 2.05) is 11.8 Å². The number of benzene rings is 1. The summed E-state index contributed by atoms with van der Waals surface area (Å²) in [5.41, 5.74) is -0.265. The van der Waals surface area contributed by atoms with Crippen LogP contribution in [0.1, 0.15) is 42.1 Å². The molecule has 27 heavy (non-hydrogen) atoms. The van der Waals surface area contributed by atoms with Gasteiger partial charge in [-0.15, -0.1) is 0 Å². The fourth-order valence-corrected chi connectivity index (χ4v) is 2.73. The van der Waals surface area contributed by atoms with Gasteiger partial charge in [0.1, 0.15) is 5.75 Å². The van der Waals surface area contributed by atoms with Gasteiger partial charge in [0.2, 0.25) is 5.88 Å². The third-order valence-electron chi connectivity index (χ3n) is 4.34. The summed E-state index contributed by atoms with van der Waals surface area (Å²) < 4.78 is 43.1. The maximum absolute atomic E-state index is 12.7. The van der Waals surface area contributed by atoms with E-state index in [9.17, 15) is 18.0 Å². The molecule has 7 heteroatoms. The summed E-state index contributed by atoms with van der Waals surface area (Å²) in [4.78, 5) is 18.2. The van der Waals surface area contributed by atoms with Gasteiger partial charge in [0.15, 0.2) is 0 Å². The minimum Gasteiger partial charge on any atom is -0.439 e. The molecular weight excluding hydrogens is 357 g/mol. The van der Waals surface area contributed by atoms with Gasteiger partial charge in [-0.3, -0.25) is 4.79 Å². The smallest absolute Gasteiger partial charge is 0.417 e. The Kier molecular flexibility index (Phi) is 5.68. The number of carbonyl (C=O) groups excluding carboxylic acids is 1. The van der Waals surface area contributed by atoms with Crippen molar-refractivity contribution in [1.29, 1.82) is 0 Å². The van der Waals surface area contributed by atoms with E-state index in [1.54, 1.807) is 24.3 Å². The average Bonchev–Trinajstić information content (AvgIpc) is 3.45. The third-order valence-corrected chi connectivity index (χ3v) is 4.34. The predicted octanol–water partition coefficient (Wildman–Crippen LogP) is 5.15. The summed E-state index contributed by atoms with van der Waals surface area (Å²) in [7, 11) is 0. The molecule has 1 fully saturated rings. The fraction of sp³-hybridized carbons (Fsp3) is 0.400. The summed E-state index contributed by atoms with van der Waals surface area (Å²) in [6, 6.07) is 8.65. The van der Waals surface area contributed by atoms with Crippen molar-refractivity contribution < 1.29 is 22.7 Å². The molecule has 1 aliphatic carbocycles. The standard InChI is InChI=1S/C20H21F3N2O2/c1-2-11-25(13-14-3-4-14)19(26)15-5-8-17(9-6-15)27-18-10-7-16(12-24-18)20(21,22)23/h5-10,12,14H,2-4,11,13H2,1H3. The molecule has 0 bridgehead atoms. The first-order valence-electron chi connectivity index (χ1n) is 8.97. The summed E-state index contributed by atoms with van der Waals surface area (Å²) in [5, 5.41) is 0. The molecule has 1 aromatic carbocycles. The highest BCUT2D eigenvalue weighted by atomic mass is 19.4. The van der Waals surface area contributed by atoms with Gasteiger partial charge >= 0.3 is 6.18 Å². The summed E-state index contributed by atoms with van der Waals surface area (Å²) in [6.45, 7) is 3.56. The van der Waals surface area contributed by atoms with E-state index in [0.29, 0.717) is 17.2 Å². The zero-order valence-electron chi connectivity index (χ0n) is 15.0.